The number of rotatable bonds is 3. The van der Waals surface area contributed by atoms with Crippen LogP contribution >= 0.6 is 15.9 Å². The van der Waals surface area contributed by atoms with Crippen LogP contribution in [-0.2, 0) is 6.54 Å². The maximum atomic E-state index is 6.28. The normalized spacial score (nSPS) is 17.6. The van der Waals surface area contributed by atoms with Gasteiger partial charge in [-0.2, -0.15) is 0 Å². The Hall–Kier alpha value is -0.870. The van der Waals surface area contributed by atoms with Crippen LogP contribution < -0.4 is 5.73 Å². The SMILES string of the molecule is CCn1c(C(N)C2CC2)nc2cc(Br)ccc21. The van der Waals surface area contributed by atoms with E-state index >= 15 is 0 Å². The van der Waals surface area contributed by atoms with Crippen LogP contribution in [0.25, 0.3) is 11.0 Å². The molecule has 1 unspecified atom stereocenters. The summed E-state index contributed by atoms with van der Waals surface area (Å²) < 4.78 is 3.31. The third kappa shape index (κ3) is 1.89. The van der Waals surface area contributed by atoms with Crippen LogP contribution in [-0.4, -0.2) is 9.55 Å². The van der Waals surface area contributed by atoms with Crippen LogP contribution in [0.2, 0.25) is 0 Å². The van der Waals surface area contributed by atoms with Crippen molar-refractivity contribution in [2.75, 3.05) is 0 Å². The summed E-state index contributed by atoms with van der Waals surface area (Å²) in [6.45, 7) is 3.07. The highest BCUT2D eigenvalue weighted by Crippen LogP contribution is 2.39. The quantitative estimate of drug-likeness (QED) is 0.944. The van der Waals surface area contributed by atoms with E-state index < -0.39 is 0 Å². The number of imidazole rings is 1. The lowest BCUT2D eigenvalue weighted by molar-refractivity contribution is 0.557. The van der Waals surface area contributed by atoms with E-state index in [-0.39, 0.29) is 6.04 Å². The number of nitrogens with two attached hydrogens (primary N) is 1. The topological polar surface area (TPSA) is 43.8 Å². The maximum absolute atomic E-state index is 6.28. The molecule has 2 N–H and O–H groups in total. The summed E-state index contributed by atoms with van der Waals surface area (Å²) in [6.07, 6.45) is 2.50. The Kier molecular flexibility index (Phi) is 2.71. The van der Waals surface area contributed by atoms with Crippen molar-refractivity contribution in [1.82, 2.24) is 9.55 Å². The van der Waals surface area contributed by atoms with Gasteiger partial charge < -0.3 is 10.3 Å². The van der Waals surface area contributed by atoms with E-state index in [1.807, 2.05) is 0 Å². The molecule has 1 atom stereocenters. The van der Waals surface area contributed by atoms with E-state index in [4.69, 9.17) is 10.7 Å². The van der Waals surface area contributed by atoms with Crippen molar-refractivity contribution in [1.29, 1.82) is 0 Å². The third-order valence-corrected chi connectivity index (χ3v) is 3.98. The van der Waals surface area contributed by atoms with Crippen molar-refractivity contribution in [3.8, 4) is 0 Å². The van der Waals surface area contributed by atoms with Crippen molar-refractivity contribution >= 4 is 27.0 Å². The molecular formula is C13H16BrN3. The molecule has 1 fully saturated rings. The standard InChI is InChI=1S/C13H16BrN3/c1-2-17-11-6-5-9(14)7-10(11)16-13(17)12(15)8-3-4-8/h5-8,12H,2-4,15H2,1H3. The van der Waals surface area contributed by atoms with Crippen LogP contribution in [0.15, 0.2) is 22.7 Å². The third-order valence-electron chi connectivity index (χ3n) is 3.48. The van der Waals surface area contributed by atoms with E-state index in [0.29, 0.717) is 5.92 Å². The van der Waals surface area contributed by atoms with E-state index in [9.17, 15) is 0 Å². The summed E-state index contributed by atoms with van der Waals surface area (Å²) in [5.41, 5.74) is 8.50. The molecule has 0 aliphatic heterocycles. The fourth-order valence-electron chi connectivity index (χ4n) is 2.37. The van der Waals surface area contributed by atoms with Crippen molar-refractivity contribution in [2.45, 2.75) is 32.4 Å². The van der Waals surface area contributed by atoms with E-state index in [0.717, 1.165) is 22.4 Å². The van der Waals surface area contributed by atoms with Crippen LogP contribution in [0.1, 0.15) is 31.6 Å². The second-order valence-electron chi connectivity index (χ2n) is 4.71. The second-order valence-corrected chi connectivity index (χ2v) is 5.63. The molecule has 0 amide bonds. The molecule has 1 aromatic heterocycles. The first-order chi connectivity index (χ1) is 8.20. The second kappa shape index (κ2) is 4.10. The minimum atomic E-state index is 0.0983. The molecule has 1 heterocycles. The Labute approximate surface area is 109 Å². The highest BCUT2D eigenvalue weighted by atomic mass is 79.9. The molecule has 2 aromatic rings. The molecule has 4 heteroatoms. The van der Waals surface area contributed by atoms with Crippen molar-refractivity contribution in [3.05, 3.63) is 28.5 Å². The zero-order chi connectivity index (χ0) is 12.0. The van der Waals surface area contributed by atoms with Crippen LogP contribution in [0.5, 0.6) is 0 Å². The Morgan fingerprint density at radius 1 is 1.53 bits per heavy atom. The Morgan fingerprint density at radius 3 is 2.94 bits per heavy atom. The number of hydrogen-bond acceptors (Lipinski definition) is 2. The first-order valence-corrected chi connectivity index (χ1v) is 6.91. The molecule has 1 aliphatic rings. The molecule has 1 saturated carbocycles. The Balaban J connectivity index is 2.16. The highest BCUT2D eigenvalue weighted by molar-refractivity contribution is 9.10. The molecule has 0 radical (unpaired) electrons. The van der Waals surface area contributed by atoms with Gasteiger partial charge >= 0.3 is 0 Å². The lowest BCUT2D eigenvalue weighted by Crippen LogP contribution is -2.18. The van der Waals surface area contributed by atoms with Gasteiger partial charge in [0.25, 0.3) is 0 Å². The zero-order valence-electron chi connectivity index (χ0n) is 9.86. The first kappa shape index (κ1) is 11.2. The van der Waals surface area contributed by atoms with Gasteiger partial charge in [-0.05, 0) is 43.9 Å². The van der Waals surface area contributed by atoms with Gasteiger partial charge in [0.2, 0.25) is 0 Å². The number of aryl methyl sites for hydroxylation is 1. The molecule has 3 rings (SSSR count). The number of hydrogen-bond donors (Lipinski definition) is 1. The fourth-order valence-corrected chi connectivity index (χ4v) is 2.72. The van der Waals surface area contributed by atoms with Crippen LogP contribution in [0.4, 0.5) is 0 Å². The van der Waals surface area contributed by atoms with Gasteiger partial charge in [-0.3, -0.25) is 0 Å². The largest absolute Gasteiger partial charge is 0.327 e. The summed E-state index contributed by atoms with van der Waals surface area (Å²) >= 11 is 3.49. The van der Waals surface area contributed by atoms with Gasteiger partial charge in [0.15, 0.2) is 0 Å². The summed E-state index contributed by atoms with van der Waals surface area (Å²) in [5.74, 6) is 1.68. The summed E-state index contributed by atoms with van der Waals surface area (Å²) in [4.78, 5) is 4.71. The molecule has 90 valence electrons. The van der Waals surface area contributed by atoms with Gasteiger partial charge in [-0.1, -0.05) is 15.9 Å². The van der Waals surface area contributed by atoms with Gasteiger partial charge in [-0.15, -0.1) is 0 Å². The summed E-state index contributed by atoms with van der Waals surface area (Å²) in [6, 6.07) is 6.33. The highest BCUT2D eigenvalue weighted by Gasteiger charge is 2.32. The number of nitrogens with zero attached hydrogens (tertiary/aromatic N) is 2. The van der Waals surface area contributed by atoms with Crippen LogP contribution in [0.3, 0.4) is 0 Å². The number of halogens is 1. The molecule has 1 aromatic carbocycles. The van der Waals surface area contributed by atoms with Gasteiger partial charge in [0.05, 0.1) is 17.1 Å². The molecular weight excluding hydrogens is 278 g/mol. The smallest absolute Gasteiger partial charge is 0.127 e. The predicted octanol–water partition coefficient (Wildman–Crippen LogP) is 3.23. The number of benzene rings is 1. The predicted molar refractivity (Wildman–Crippen MR) is 72.8 cm³/mol. The van der Waals surface area contributed by atoms with E-state index in [1.165, 1.54) is 18.4 Å². The first-order valence-electron chi connectivity index (χ1n) is 6.12. The lowest BCUT2D eigenvalue weighted by atomic mass is 10.2. The van der Waals surface area contributed by atoms with Gasteiger partial charge in [-0.25, -0.2) is 4.98 Å². The molecule has 1 aliphatic carbocycles. The number of fused-ring (bicyclic) bond motifs is 1. The van der Waals surface area contributed by atoms with Gasteiger partial charge in [0, 0.05) is 11.0 Å². The Bertz CT molecular complexity index is 557. The van der Waals surface area contributed by atoms with E-state index in [1.54, 1.807) is 0 Å². The molecule has 3 nitrogen and oxygen atoms in total. The van der Waals surface area contributed by atoms with Crippen molar-refractivity contribution in [2.24, 2.45) is 11.7 Å². The summed E-state index contributed by atoms with van der Waals surface area (Å²) in [5, 5.41) is 0. The maximum Gasteiger partial charge on any atom is 0.127 e. The average Bonchev–Trinajstić information content (AvgIpc) is 3.09. The minimum Gasteiger partial charge on any atom is -0.327 e. The zero-order valence-corrected chi connectivity index (χ0v) is 11.4. The molecule has 0 bridgehead atoms. The van der Waals surface area contributed by atoms with Crippen LogP contribution in [0, 0.1) is 5.92 Å². The van der Waals surface area contributed by atoms with Crippen molar-refractivity contribution < 1.29 is 0 Å². The average molecular weight is 294 g/mol. The Morgan fingerprint density at radius 2 is 2.29 bits per heavy atom. The fraction of sp³-hybridized carbons (Fsp3) is 0.462. The summed E-state index contributed by atoms with van der Waals surface area (Å²) in [7, 11) is 0. The minimum absolute atomic E-state index is 0.0983. The van der Waals surface area contributed by atoms with E-state index in [2.05, 4.69) is 45.6 Å². The monoisotopic (exact) mass is 293 g/mol. The van der Waals surface area contributed by atoms with Gasteiger partial charge in [0.1, 0.15) is 5.82 Å². The van der Waals surface area contributed by atoms with Crippen molar-refractivity contribution in [3.63, 3.8) is 0 Å². The molecule has 17 heavy (non-hydrogen) atoms. The molecule has 0 spiro atoms. The molecule has 0 saturated heterocycles. The lowest BCUT2D eigenvalue weighted by Gasteiger charge is -2.12. The number of aromatic nitrogens is 2.